The minimum Gasteiger partial charge on any atom is -0.0654 e. The summed E-state index contributed by atoms with van der Waals surface area (Å²) >= 11 is 0. The summed E-state index contributed by atoms with van der Waals surface area (Å²) in [5.41, 5.74) is 0. The van der Waals surface area contributed by atoms with E-state index >= 15 is 0 Å². The third kappa shape index (κ3) is 24.3. The predicted octanol–water partition coefficient (Wildman–Crippen LogP) is 11.3. The molecule has 0 aliphatic rings. The summed E-state index contributed by atoms with van der Waals surface area (Å²) in [5.74, 6) is 2.71. The van der Waals surface area contributed by atoms with Gasteiger partial charge in [-0.15, -0.1) is 0 Å². The lowest BCUT2D eigenvalue weighted by atomic mass is 9.91. The Kier molecular flexibility index (Phi) is 23.7. The van der Waals surface area contributed by atoms with Crippen molar-refractivity contribution in [3.05, 3.63) is 6.42 Å². The summed E-state index contributed by atoms with van der Waals surface area (Å²) in [4.78, 5) is 0. The molecule has 0 rings (SSSR count). The normalized spacial score (nSPS) is 13.8. The van der Waals surface area contributed by atoms with Crippen LogP contribution in [0.25, 0.3) is 0 Å². The molecule has 0 aromatic heterocycles. The van der Waals surface area contributed by atoms with E-state index in [1.165, 1.54) is 135 Å². The first-order chi connectivity index (χ1) is 14.6. The van der Waals surface area contributed by atoms with Gasteiger partial charge in [0, 0.05) is 0 Å². The Morgan fingerprint density at radius 1 is 0.467 bits per heavy atom. The van der Waals surface area contributed by atoms with E-state index in [1.807, 2.05) is 0 Å². The molecule has 0 fully saturated rings. The highest BCUT2D eigenvalue weighted by atomic mass is 14.1. The van der Waals surface area contributed by atoms with Crippen LogP contribution in [0.4, 0.5) is 0 Å². The van der Waals surface area contributed by atoms with Crippen LogP contribution in [0.3, 0.4) is 0 Å². The molecular weight excluding hydrogens is 360 g/mol. The quantitative estimate of drug-likeness (QED) is 0.136. The molecule has 181 valence electrons. The first kappa shape index (κ1) is 30.0. The van der Waals surface area contributed by atoms with Crippen molar-refractivity contribution in [3.63, 3.8) is 0 Å². The lowest BCUT2D eigenvalue weighted by Gasteiger charge is -2.15. The smallest absolute Gasteiger partial charge is 0.0383 e. The van der Waals surface area contributed by atoms with Crippen molar-refractivity contribution in [2.45, 2.75) is 169 Å². The van der Waals surface area contributed by atoms with Gasteiger partial charge in [0.1, 0.15) is 0 Å². The highest BCUT2D eigenvalue weighted by Crippen LogP contribution is 2.21. The molecule has 0 N–H and O–H groups in total. The van der Waals surface area contributed by atoms with E-state index in [-0.39, 0.29) is 0 Å². The Morgan fingerprint density at radius 3 is 1.40 bits per heavy atom. The monoisotopic (exact) mass is 421 g/mol. The van der Waals surface area contributed by atoms with Crippen LogP contribution < -0.4 is 0 Å². The van der Waals surface area contributed by atoms with Crippen LogP contribution in [0.1, 0.15) is 169 Å². The fraction of sp³-hybridized carbons (Fsp3) is 0.967. The molecule has 2 unspecified atom stereocenters. The molecule has 0 heterocycles. The number of unbranched alkanes of at least 4 members (excludes halogenated alkanes) is 14. The molecule has 0 saturated heterocycles. The zero-order chi connectivity index (χ0) is 22.3. The van der Waals surface area contributed by atoms with Gasteiger partial charge >= 0.3 is 0 Å². The average Bonchev–Trinajstić information content (AvgIpc) is 2.70. The fourth-order valence-electron chi connectivity index (χ4n) is 4.66. The molecule has 0 aromatic carbocycles. The Morgan fingerprint density at radius 2 is 0.900 bits per heavy atom. The van der Waals surface area contributed by atoms with Gasteiger partial charge in [0.05, 0.1) is 0 Å². The fourth-order valence-corrected chi connectivity index (χ4v) is 4.66. The molecule has 0 aromatic rings. The number of hydrogen-bond donors (Lipinski definition) is 0. The minimum atomic E-state index is 0.877. The summed E-state index contributed by atoms with van der Waals surface area (Å²) < 4.78 is 0. The standard InChI is InChI=1S/C30H61/c1-6-7-8-9-10-11-12-13-14-15-16-17-18-19-20-24-29(4)26-22-27-30(5)25-21-23-28(2)3/h20,28-30H,6-19,21-27H2,1-5H3. The highest BCUT2D eigenvalue weighted by Gasteiger charge is 2.06. The van der Waals surface area contributed by atoms with Crippen molar-refractivity contribution in [2.24, 2.45) is 17.8 Å². The van der Waals surface area contributed by atoms with Gasteiger partial charge in [-0.2, -0.15) is 0 Å². The zero-order valence-electron chi connectivity index (χ0n) is 22.2. The van der Waals surface area contributed by atoms with Gasteiger partial charge in [0.15, 0.2) is 0 Å². The van der Waals surface area contributed by atoms with Crippen LogP contribution in [-0.4, -0.2) is 0 Å². The van der Waals surface area contributed by atoms with Crippen LogP contribution >= 0.6 is 0 Å². The molecule has 0 saturated carbocycles. The molecule has 0 heteroatoms. The Hall–Kier alpha value is 0. The van der Waals surface area contributed by atoms with Gasteiger partial charge in [-0.3, -0.25) is 0 Å². The van der Waals surface area contributed by atoms with Crippen molar-refractivity contribution < 1.29 is 0 Å². The third-order valence-electron chi connectivity index (χ3n) is 6.95. The van der Waals surface area contributed by atoms with Crippen LogP contribution in [0.15, 0.2) is 0 Å². The van der Waals surface area contributed by atoms with E-state index in [4.69, 9.17) is 0 Å². The van der Waals surface area contributed by atoms with Crippen molar-refractivity contribution in [1.82, 2.24) is 0 Å². The van der Waals surface area contributed by atoms with E-state index in [0.717, 1.165) is 17.8 Å². The topological polar surface area (TPSA) is 0 Å². The van der Waals surface area contributed by atoms with Gasteiger partial charge in [-0.05, 0) is 30.6 Å². The van der Waals surface area contributed by atoms with E-state index in [1.54, 1.807) is 0 Å². The summed E-state index contributed by atoms with van der Waals surface area (Å²) in [6.07, 6.45) is 32.9. The van der Waals surface area contributed by atoms with Crippen molar-refractivity contribution in [3.8, 4) is 0 Å². The molecule has 0 amide bonds. The Labute approximate surface area is 193 Å². The summed E-state index contributed by atoms with van der Waals surface area (Å²) in [5, 5.41) is 0. The van der Waals surface area contributed by atoms with E-state index in [2.05, 4.69) is 41.0 Å². The van der Waals surface area contributed by atoms with Crippen LogP contribution in [0, 0.1) is 24.2 Å². The van der Waals surface area contributed by atoms with E-state index in [0.29, 0.717) is 0 Å². The molecule has 0 aliphatic heterocycles. The first-order valence-corrected chi connectivity index (χ1v) is 14.4. The lowest BCUT2D eigenvalue weighted by Crippen LogP contribution is -2.00. The Balaban J connectivity index is 3.23. The maximum Gasteiger partial charge on any atom is -0.0383 e. The maximum atomic E-state index is 2.59. The predicted molar refractivity (Wildman–Crippen MR) is 140 cm³/mol. The molecular formula is C30H61. The van der Waals surface area contributed by atoms with Crippen LogP contribution in [-0.2, 0) is 0 Å². The minimum absolute atomic E-state index is 0.877. The second-order valence-corrected chi connectivity index (χ2v) is 11.0. The number of rotatable bonds is 24. The van der Waals surface area contributed by atoms with Crippen molar-refractivity contribution >= 4 is 0 Å². The molecule has 2 atom stereocenters. The molecule has 0 aliphatic carbocycles. The van der Waals surface area contributed by atoms with Gasteiger partial charge in [0.25, 0.3) is 0 Å². The van der Waals surface area contributed by atoms with Gasteiger partial charge in [-0.1, -0.05) is 163 Å². The summed E-state index contributed by atoms with van der Waals surface area (Å²) in [6, 6.07) is 0. The summed E-state index contributed by atoms with van der Waals surface area (Å²) in [6.45, 7) is 11.9. The summed E-state index contributed by atoms with van der Waals surface area (Å²) in [7, 11) is 0. The van der Waals surface area contributed by atoms with E-state index < -0.39 is 0 Å². The number of hydrogen-bond acceptors (Lipinski definition) is 0. The molecule has 30 heavy (non-hydrogen) atoms. The molecule has 0 nitrogen and oxygen atoms in total. The van der Waals surface area contributed by atoms with Crippen LogP contribution in [0.2, 0.25) is 0 Å². The average molecular weight is 422 g/mol. The van der Waals surface area contributed by atoms with Gasteiger partial charge in [0.2, 0.25) is 0 Å². The van der Waals surface area contributed by atoms with Crippen molar-refractivity contribution in [2.75, 3.05) is 0 Å². The largest absolute Gasteiger partial charge is 0.0654 e. The third-order valence-corrected chi connectivity index (χ3v) is 6.95. The molecule has 0 bridgehead atoms. The lowest BCUT2D eigenvalue weighted by molar-refractivity contribution is 0.397. The van der Waals surface area contributed by atoms with Gasteiger partial charge in [-0.25, -0.2) is 0 Å². The second-order valence-electron chi connectivity index (χ2n) is 11.0. The van der Waals surface area contributed by atoms with Gasteiger partial charge < -0.3 is 0 Å². The first-order valence-electron chi connectivity index (χ1n) is 14.4. The highest BCUT2D eigenvalue weighted by molar-refractivity contribution is 4.69. The zero-order valence-corrected chi connectivity index (χ0v) is 22.2. The van der Waals surface area contributed by atoms with E-state index in [9.17, 15) is 0 Å². The molecule has 0 spiro atoms. The van der Waals surface area contributed by atoms with Crippen molar-refractivity contribution in [1.29, 1.82) is 0 Å². The Bertz CT molecular complexity index is 305. The molecule has 1 radical (unpaired) electrons. The van der Waals surface area contributed by atoms with Crippen LogP contribution in [0.5, 0.6) is 0 Å². The second kappa shape index (κ2) is 23.7. The SMILES string of the molecule is CCCCCCCCCCCCCCC[CH]CC(C)CCCC(C)CCCC(C)C. The maximum absolute atomic E-state index is 2.59.